The highest BCUT2D eigenvalue weighted by molar-refractivity contribution is 6.49. The third-order valence-corrected chi connectivity index (χ3v) is 3.11. The summed E-state index contributed by atoms with van der Waals surface area (Å²) in [6.07, 6.45) is 0. The van der Waals surface area contributed by atoms with E-state index in [1.54, 1.807) is 0 Å². The van der Waals surface area contributed by atoms with Crippen molar-refractivity contribution >= 4 is 11.6 Å². The van der Waals surface area contributed by atoms with Crippen LogP contribution in [0.1, 0.15) is 26.3 Å². The van der Waals surface area contributed by atoms with Crippen molar-refractivity contribution in [3.05, 3.63) is 70.3 Å². The highest BCUT2D eigenvalue weighted by Gasteiger charge is 2.27. The molecular weight excluding hydrogens is 316 g/mol. The Bertz CT molecular complexity index is 787. The molecule has 120 valence electrons. The first kappa shape index (κ1) is 16.8. The van der Waals surface area contributed by atoms with E-state index in [0.717, 1.165) is 30.3 Å². The fraction of sp³-hybridized carbons (Fsp3) is 0.125. The lowest BCUT2D eigenvalue weighted by molar-refractivity contribution is 0.0810. The largest absolute Gasteiger partial charge is 0.380 e. The first-order valence-electron chi connectivity index (χ1n) is 6.37. The molecule has 0 aromatic heterocycles. The van der Waals surface area contributed by atoms with Crippen molar-refractivity contribution in [2.24, 2.45) is 0 Å². The van der Waals surface area contributed by atoms with Crippen molar-refractivity contribution in [3.8, 4) is 0 Å². The van der Waals surface area contributed by atoms with Crippen LogP contribution in [0.15, 0.2) is 30.3 Å². The van der Waals surface area contributed by atoms with Crippen molar-refractivity contribution in [2.45, 2.75) is 6.61 Å². The summed E-state index contributed by atoms with van der Waals surface area (Å²) in [6, 6.07) is 4.63. The molecule has 0 atom stereocenters. The van der Waals surface area contributed by atoms with Crippen LogP contribution in [0.4, 0.5) is 17.6 Å². The van der Waals surface area contributed by atoms with Crippen LogP contribution in [0.5, 0.6) is 0 Å². The van der Waals surface area contributed by atoms with Gasteiger partial charge in [-0.15, -0.1) is 0 Å². The van der Waals surface area contributed by atoms with Gasteiger partial charge in [0.25, 0.3) is 0 Å². The highest BCUT2D eigenvalue weighted by Crippen LogP contribution is 2.20. The molecule has 0 aliphatic heterocycles. The number of halogens is 4. The van der Waals surface area contributed by atoms with Crippen LogP contribution in [-0.2, 0) is 11.3 Å². The van der Waals surface area contributed by atoms with E-state index in [9.17, 15) is 27.2 Å². The molecule has 0 unspecified atom stereocenters. The minimum absolute atomic E-state index is 0.147. The summed E-state index contributed by atoms with van der Waals surface area (Å²) < 4.78 is 59.0. The van der Waals surface area contributed by atoms with Gasteiger partial charge in [-0.2, -0.15) is 0 Å². The molecule has 0 aliphatic carbocycles. The van der Waals surface area contributed by atoms with Gasteiger partial charge in [0, 0.05) is 12.7 Å². The van der Waals surface area contributed by atoms with Gasteiger partial charge in [-0.05, 0) is 18.2 Å². The molecule has 23 heavy (non-hydrogen) atoms. The van der Waals surface area contributed by atoms with Gasteiger partial charge in [-0.25, -0.2) is 17.6 Å². The van der Waals surface area contributed by atoms with Crippen LogP contribution >= 0.6 is 0 Å². The van der Waals surface area contributed by atoms with Gasteiger partial charge in [0.2, 0.25) is 11.6 Å². The molecule has 2 aromatic carbocycles. The van der Waals surface area contributed by atoms with E-state index in [1.807, 2.05) is 0 Å². The van der Waals surface area contributed by atoms with Gasteiger partial charge in [-0.1, -0.05) is 12.1 Å². The van der Waals surface area contributed by atoms with E-state index in [4.69, 9.17) is 0 Å². The molecule has 0 N–H and O–H groups in total. The number of Topliss-reactive ketones (excluding diaryl/α,β-unsaturated/α-hetero) is 2. The fourth-order valence-corrected chi connectivity index (χ4v) is 1.96. The number of benzene rings is 2. The maximum Gasteiger partial charge on any atom is 0.236 e. The number of carbonyl (C=O) groups is 2. The van der Waals surface area contributed by atoms with Crippen LogP contribution in [-0.4, -0.2) is 18.7 Å². The van der Waals surface area contributed by atoms with Gasteiger partial charge >= 0.3 is 0 Å². The van der Waals surface area contributed by atoms with Crippen LogP contribution < -0.4 is 0 Å². The molecule has 0 saturated carbocycles. The SMILES string of the molecule is COCc1ccc(C(=O)C(=O)c2cccc(F)c2F)c(F)c1F. The van der Waals surface area contributed by atoms with E-state index < -0.39 is 46.0 Å². The second-order valence-corrected chi connectivity index (χ2v) is 4.59. The molecule has 0 fully saturated rings. The summed E-state index contributed by atoms with van der Waals surface area (Å²) in [5, 5.41) is 0. The lowest BCUT2D eigenvalue weighted by Crippen LogP contribution is -2.19. The second-order valence-electron chi connectivity index (χ2n) is 4.59. The molecule has 0 saturated heterocycles. The summed E-state index contributed by atoms with van der Waals surface area (Å²) in [6.45, 7) is -0.232. The fourth-order valence-electron chi connectivity index (χ4n) is 1.96. The van der Waals surface area contributed by atoms with Gasteiger partial charge in [-0.3, -0.25) is 9.59 Å². The van der Waals surface area contributed by atoms with E-state index in [2.05, 4.69) is 4.74 Å². The third-order valence-electron chi connectivity index (χ3n) is 3.11. The topological polar surface area (TPSA) is 43.4 Å². The number of hydrogen-bond donors (Lipinski definition) is 0. The van der Waals surface area contributed by atoms with Gasteiger partial charge < -0.3 is 4.74 Å². The average Bonchev–Trinajstić information content (AvgIpc) is 2.53. The first-order chi connectivity index (χ1) is 10.9. The second kappa shape index (κ2) is 6.70. The monoisotopic (exact) mass is 326 g/mol. The Kier molecular flexibility index (Phi) is 4.90. The molecule has 0 radical (unpaired) electrons. The van der Waals surface area contributed by atoms with Crippen molar-refractivity contribution in [3.63, 3.8) is 0 Å². The number of ether oxygens (including phenoxy) is 1. The van der Waals surface area contributed by atoms with Crippen molar-refractivity contribution in [1.82, 2.24) is 0 Å². The number of rotatable bonds is 5. The van der Waals surface area contributed by atoms with Crippen LogP contribution in [0.2, 0.25) is 0 Å². The first-order valence-corrected chi connectivity index (χ1v) is 6.37. The third kappa shape index (κ3) is 3.14. The Labute approximate surface area is 128 Å². The molecule has 0 heterocycles. The van der Waals surface area contributed by atoms with E-state index >= 15 is 0 Å². The normalized spacial score (nSPS) is 10.7. The molecule has 3 nitrogen and oxygen atoms in total. The number of hydrogen-bond acceptors (Lipinski definition) is 3. The summed E-state index contributed by atoms with van der Waals surface area (Å²) in [5.41, 5.74) is -1.86. The minimum Gasteiger partial charge on any atom is -0.380 e. The summed E-state index contributed by atoms with van der Waals surface area (Å²) >= 11 is 0. The summed E-state index contributed by atoms with van der Waals surface area (Å²) in [4.78, 5) is 23.9. The predicted molar refractivity (Wildman–Crippen MR) is 72.1 cm³/mol. The molecular formula is C16H10F4O3. The standard InChI is InChI=1S/C16H10F4O3/c1-23-7-8-5-6-10(14(20)12(8)18)16(22)15(21)9-3-2-4-11(17)13(9)19/h2-6H,7H2,1H3. The molecule has 0 bridgehead atoms. The van der Waals surface area contributed by atoms with Crippen LogP contribution in [0.25, 0.3) is 0 Å². The molecule has 2 aromatic rings. The Balaban J connectivity index is 2.43. The molecule has 0 spiro atoms. The Morgan fingerprint density at radius 1 is 0.870 bits per heavy atom. The molecule has 2 rings (SSSR count). The molecule has 0 aliphatic rings. The van der Waals surface area contributed by atoms with Crippen molar-refractivity contribution < 1.29 is 31.9 Å². The number of methoxy groups -OCH3 is 1. The summed E-state index contributed by atoms with van der Waals surface area (Å²) in [7, 11) is 1.27. The smallest absolute Gasteiger partial charge is 0.236 e. The molecule has 7 heteroatoms. The Hall–Kier alpha value is -2.54. The number of ketones is 2. The van der Waals surface area contributed by atoms with Crippen LogP contribution in [0, 0.1) is 23.3 Å². The van der Waals surface area contributed by atoms with Gasteiger partial charge in [0.1, 0.15) is 0 Å². The zero-order valence-corrected chi connectivity index (χ0v) is 11.8. The zero-order valence-electron chi connectivity index (χ0n) is 11.8. The maximum absolute atomic E-state index is 13.9. The minimum atomic E-state index is -1.55. The van der Waals surface area contributed by atoms with E-state index in [-0.39, 0.29) is 12.2 Å². The van der Waals surface area contributed by atoms with E-state index in [1.165, 1.54) is 7.11 Å². The lowest BCUT2D eigenvalue weighted by Gasteiger charge is -2.07. The lowest BCUT2D eigenvalue weighted by atomic mass is 9.99. The average molecular weight is 326 g/mol. The number of carbonyl (C=O) groups excluding carboxylic acids is 2. The molecule has 0 amide bonds. The maximum atomic E-state index is 13.9. The quantitative estimate of drug-likeness (QED) is 0.480. The zero-order chi connectivity index (χ0) is 17.1. The van der Waals surface area contributed by atoms with Gasteiger partial charge in [0.15, 0.2) is 23.3 Å². The van der Waals surface area contributed by atoms with Gasteiger partial charge in [0.05, 0.1) is 17.7 Å². The van der Waals surface area contributed by atoms with E-state index in [0.29, 0.717) is 0 Å². The summed E-state index contributed by atoms with van der Waals surface area (Å²) in [5.74, 6) is -8.69. The van der Waals surface area contributed by atoms with Crippen molar-refractivity contribution in [2.75, 3.05) is 7.11 Å². The Morgan fingerprint density at radius 3 is 2.09 bits per heavy atom. The van der Waals surface area contributed by atoms with Crippen LogP contribution in [0.3, 0.4) is 0 Å². The predicted octanol–water partition coefficient (Wildman–Crippen LogP) is 3.46. The Morgan fingerprint density at radius 2 is 1.48 bits per heavy atom. The van der Waals surface area contributed by atoms with Crippen molar-refractivity contribution in [1.29, 1.82) is 0 Å². The highest BCUT2D eigenvalue weighted by atomic mass is 19.2.